The molecule has 8 heteroatoms. The average molecular weight is 356 g/mol. The van der Waals surface area contributed by atoms with Gasteiger partial charge in [-0.1, -0.05) is 0 Å². The number of fused-ring (bicyclic) bond motifs is 1. The number of hydrogen-bond donors (Lipinski definition) is 2. The Morgan fingerprint density at radius 3 is 2.81 bits per heavy atom. The van der Waals surface area contributed by atoms with Gasteiger partial charge in [-0.05, 0) is 18.2 Å². The Labute approximate surface area is 150 Å². The molecule has 136 valence electrons. The van der Waals surface area contributed by atoms with E-state index in [-0.39, 0.29) is 11.8 Å². The molecule has 1 aromatic carbocycles. The van der Waals surface area contributed by atoms with Crippen LogP contribution in [-0.2, 0) is 0 Å². The Morgan fingerprint density at radius 1 is 1.31 bits per heavy atom. The maximum atomic E-state index is 12.5. The molecule has 2 aromatic rings. The number of nitrogens with one attached hydrogen (secondary N) is 2. The zero-order valence-corrected chi connectivity index (χ0v) is 14.4. The lowest BCUT2D eigenvalue weighted by atomic mass is 9.90. The van der Waals surface area contributed by atoms with Crippen LogP contribution in [0.3, 0.4) is 0 Å². The van der Waals surface area contributed by atoms with Crippen molar-refractivity contribution in [3.63, 3.8) is 0 Å². The van der Waals surface area contributed by atoms with Gasteiger partial charge in [0.25, 0.3) is 11.8 Å². The second kappa shape index (κ2) is 6.36. The molecule has 2 aliphatic heterocycles. The van der Waals surface area contributed by atoms with E-state index in [1.165, 1.54) is 0 Å². The van der Waals surface area contributed by atoms with E-state index in [9.17, 15) is 9.59 Å². The standard InChI is InChI=1S/C18H20N4O4/c1-25-12-2-3-13-15(10-12)26-18(11-19-16(13)23)5-8-22(9-6-18)17(24)14-4-7-20-21-14/h2-4,7,10H,5-6,8-9,11H2,1H3,(H,19,23)(H,20,21). The molecule has 0 bridgehead atoms. The van der Waals surface area contributed by atoms with Crippen LogP contribution in [0.5, 0.6) is 11.5 Å². The second-order valence-corrected chi connectivity index (χ2v) is 6.59. The van der Waals surface area contributed by atoms with Gasteiger partial charge in [0.15, 0.2) is 0 Å². The van der Waals surface area contributed by atoms with Gasteiger partial charge in [0.1, 0.15) is 22.8 Å². The van der Waals surface area contributed by atoms with Gasteiger partial charge in [-0.2, -0.15) is 5.10 Å². The van der Waals surface area contributed by atoms with Gasteiger partial charge in [-0.25, -0.2) is 0 Å². The van der Waals surface area contributed by atoms with Gasteiger partial charge < -0.3 is 19.7 Å². The van der Waals surface area contributed by atoms with Crippen LogP contribution in [0.25, 0.3) is 0 Å². The first-order valence-corrected chi connectivity index (χ1v) is 8.54. The third-order valence-electron chi connectivity index (χ3n) is 5.02. The predicted octanol–water partition coefficient (Wildman–Crippen LogP) is 1.22. The lowest BCUT2D eigenvalue weighted by Crippen LogP contribution is -2.54. The fourth-order valence-electron chi connectivity index (χ4n) is 3.45. The SMILES string of the molecule is COc1ccc2c(c1)OC1(CCN(C(=O)c3ccn[nH]3)CC1)CNC2=O. The molecule has 0 aliphatic carbocycles. The van der Waals surface area contributed by atoms with Crippen LogP contribution in [-0.4, -0.2) is 59.3 Å². The molecule has 3 heterocycles. The van der Waals surface area contributed by atoms with Crippen LogP contribution >= 0.6 is 0 Å². The molecular weight excluding hydrogens is 336 g/mol. The summed E-state index contributed by atoms with van der Waals surface area (Å²) in [5, 5.41) is 9.48. The quantitative estimate of drug-likeness (QED) is 0.843. The summed E-state index contributed by atoms with van der Waals surface area (Å²) in [7, 11) is 1.58. The number of aromatic nitrogens is 2. The topological polar surface area (TPSA) is 96.6 Å². The van der Waals surface area contributed by atoms with Crippen LogP contribution in [0.2, 0.25) is 0 Å². The number of piperidine rings is 1. The monoisotopic (exact) mass is 356 g/mol. The third kappa shape index (κ3) is 2.87. The molecule has 4 rings (SSSR count). The molecule has 2 amide bonds. The largest absolute Gasteiger partial charge is 0.497 e. The molecule has 2 N–H and O–H groups in total. The Bertz CT molecular complexity index is 826. The van der Waals surface area contributed by atoms with Gasteiger partial charge >= 0.3 is 0 Å². The molecule has 0 saturated carbocycles. The van der Waals surface area contributed by atoms with Gasteiger partial charge in [0.2, 0.25) is 0 Å². The lowest BCUT2D eigenvalue weighted by molar-refractivity contribution is 0.00742. The van der Waals surface area contributed by atoms with Crippen LogP contribution in [0.4, 0.5) is 0 Å². The number of ether oxygens (including phenoxy) is 2. The number of H-pyrrole nitrogens is 1. The van der Waals surface area contributed by atoms with E-state index < -0.39 is 5.60 Å². The molecule has 26 heavy (non-hydrogen) atoms. The van der Waals surface area contributed by atoms with E-state index in [0.717, 1.165) is 0 Å². The van der Waals surface area contributed by atoms with Gasteiger partial charge in [-0.15, -0.1) is 0 Å². The van der Waals surface area contributed by atoms with E-state index >= 15 is 0 Å². The number of hydrogen-bond acceptors (Lipinski definition) is 5. The number of amides is 2. The molecule has 0 atom stereocenters. The van der Waals surface area contributed by atoms with Gasteiger partial charge in [0, 0.05) is 38.2 Å². The lowest BCUT2D eigenvalue weighted by Gasteiger charge is -2.40. The molecule has 0 unspecified atom stereocenters. The molecule has 1 spiro atoms. The first-order chi connectivity index (χ1) is 12.6. The second-order valence-electron chi connectivity index (χ2n) is 6.59. The molecule has 2 aliphatic rings. The smallest absolute Gasteiger partial charge is 0.271 e. The number of nitrogens with zero attached hydrogens (tertiary/aromatic N) is 2. The van der Waals surface area contributed by atoms with Crippen LogP contribution in [0.15, 0.2) is 30.5 Å². The fourth-order valence-corrected chi connectivity index (χ4v) is 3.45. The normalized spacial score (nSPS) is 18.5. The maximum absolute atomic E-state index is 12.5. The van der Waals surface area contributed by atoms with Crippen molar-refractivity contribution in [2.24, 2.45) is 0 Å². The molecule has 1 saturated heterocycles. The summed E-state index contributed by atoms with van der Waals surface area (Å²) in [5.74, 6) is 0.931. The predicted molar refractivity (Wildman–Crippen MR) is 92.4 cm³/mol. The average Bonchev–Trinajstić information content (AvgIpc) is 3.17. The first kappa shape index (κ1) is 16.4. The highest BCUT2D eigenvalue weighted by Gasteiger charge is 2.41. The van der Waals surface area contributed by atoms with Crippen molar-refractivity contribution in [1.82, 2.24) is 20.4 Å². The van der Waals surface area contributed by atoms with Crippen molar-refractivity contribution in [2.75, 3.05) is 26.7 Å². The van der Waals surface area contributed by atoms with Crippen molar-refractivity contribution >= 4 is 11.8 Å². The van der Waals surface area contributed by atoms with Crippen molar-refractivity contribution in [3.05, 3.63) is 41.7 Å². The number of carbonyl (C=O) groups excluding carboxylic acids is 2. The minimum Gasteiger partial charge on any atom is -0.497 e. The molecule has 1 fully saturated rings. The number of rotatable bonds is 2. The van der Waals surface area contributed by atoms with Gasteiger partial charge in [0.05, 0.1) is 19.2 Å². The molecule has 8 nitrogen and oxygen atoms in total. The zero-order chi connectivity index (χ0) is 18.1. The Hall–Kier alpha value is -3.03. The first-order valence-electron chi connectivity index (χ1n) is 8.54. The third-order valence-corrected chi connectivity index (χ3v) is 5.02. The van der Waals surface area contributed by atoms with Crippen molar-refractivity contribution < 1.29 is 19.1 Å². The van der Waals surface area contributed by atoms with E-state index in [0.29, 0.717) is 55.2 Å². The van der Waals surface area contributed by atoms with Crippen molar-refractivity contribution in [3.8, 4) is 11.5 Å². The van der Waals surface area contributed by atoms with Crippen LogP contribution in [0.1, 0.15) is 33.7 Å². The Kier molecular flexibility index (Phi) is 4.02. The summed E-state index contributed by atoms with van der Waals surface area (Å²) < 4.78 is 11.5. The molecule has 0 radical (unpaired) electrons. The number of aromatic amines is 1. The highest BCUT2D eigenvalue weighted by molar-refractivity contribution is 5.97. The highest BCUT2D eigenvalue weighted by atomic mass is 16.5. The van der Waals surface area contributed by atoms with Crippen LogP contribution in [0, 0.1) is 0 Å². The summed E-state index contributed by atoms with van der Waals surface area (Å²) in [6.45, 7) is 1.51. The zero-order valence-electron chi connectivity index (χ0n) is 14.4. The summed E-state index contributed by atoms with van der Waals surface area (Å²) in [5.41, 5.74) is 0.447. The van der Waals surface area contributed by atoms with Crippen molar-refractivity contribution in [1.29, 1.82) is 0 Å². The van der Waals surface area contributed by atoms with E-state index in [2.05, 4.69) is 15.5 Å². The van der Waals surface area contributed by atoms with Crippen LogP contribution < -0.4 is 14.8 Å². The maximum Gasteiger partial charge on any atom is 0.271 e. The number of methoxy groups -OCH3 is 1. The molecule has 1 aromatic heterocycles. The minimum absolute atomic E-state index is 0.0722. The van der Waals surface area contributed by atoms with E-state index in [1.807, 2.05) is 0 Å². The number of carbonyl (C=O) groups is 2. The summed E-state index contributed by atoms with van der Waals surface area (Å²) in [6.07, 6.45) is 2.82. The van der Waals surface area contributed by atoms with Gasteiger partial charge in [-0.3, -0.25) is 14.7 Å². The Morgan fingerprint density at radius 2 is 2.12 bits per heavy atom. The summed E-state index contributed by atoms with van der Waals surface area (Å²) in [4.78, 5) is 26.6. The Balaban J connectivity index is 1.53. The van der Waals surface area contributed by atoms with E-state index in [4.69, 9.17) is 9.47 Å². The minimum atomic E-state index is -0.530. The van der Waals surface area contributed by atoms with E-state index in [1.54, 1.807) is 42.5 Å². The summed E-state index contributed by atoms with van der Waals surface area (Å²) >= 11 is 0. The highest BCUT2D eigenvalue weighted by Crippen LogP contribution is 2.35. The van der Waals surface area contributed by atoms with Crippen molar-refractivity contribution in [2.45, 2.75) is 18.4 Å². The fraction of sp³-hybridized carbons (Fsp3) is 0.389. The summed E-state index contributed by atoms with van der Waals surface area (Å²) in [6, 6.07) is 6.85. The molecular formula is C18H20N4O4. The number of benzene rings is 1. The number of likely N-dealkylation sites (tertiary alicyclic amines) is 1.